The monoisotopic (exact) mass is 323 g/mol. The van der Waals surface area contributed by atoms with Gasteiger partial charge in [-0.3, -0.25) is 0 Å². The van der Waals surface area contributed by atoms with Gasteiger partial charge in [0.25, 0.3) is 0 Å². The first-order valence-electron chi connectivity index (χ1n) is 5.36. The fourth-order valence-electron chi connectivity index (χ4n) is 1.50. The van der Waals surface area contributed by atoms with Crippen LogP contribution in [0.3, 0.4) is 0 Å². The molecule has 0 spiro atoms. The summed E-state index contributed by atoms with van der Waals surface area (Å²) in [6, 6.07) is 10.2. The summed E-state index contributed by atoms with van der Waals surface area (Å²) in [5.41, 5.74) is 0.535. The highest BCUT2D eigenvalue weighted by atomic mass is 79.9. The van der Waals surface area contributed by atoms with Crippen LogP contribution >= 0.6 is 15.9 Å². The Hall–Kier alpha value is -1.93. The smallest absolute Gasteiger partial charge is 0.165 e. The molecule has 19 heavy (non-hydrogen) atoms. The van der Waals surface area contributed by atoms with Gasteiger partial charge >= 0.3 is 0 Å². The molecule has 0 aliphatic carbocycles. The van der Waals surface area contributed by atoms with Gasteiger partial charge in [-0.25, -0.2) is 8.78 Å². The van der Waals surface area contributed by atoms with E-state index < -0.39 is 11.6 Å². The number of benzene rings is 2. The van der Waals surface area contributed by atoms with Crippen LogP contribution in [0.5, 0.6) is 5.75 Å². The second-order valence-corrected chi connectivity index (χ2v) is 4.71. The minimum Gasteiger partial charge on any atom is -0.486 e. The van der Waals surface area contributed by atoms with Crippen molar-refractivity contribution in [3.63, 3.8) is 0 Å². The molecule has 0 heterocycles. The normalized spacial score (nSPS) is 10.0. The Labute approximate surface area is 117 Å². The molecule has 2 rings (SSSR count). The van der Waals surface area contributed by atoms with E-state index in [1.807, 2.05) is 0 Å². The van der Waals surface area contributed by atoms with E-state index in [0.717, 1.165) is 0 Å². The summed E-state index contributed by atoms with van der Waals surface area (Å²) in [4.78, 5) is 0. The van der Waals surface area contributed by atoms with Crippen LogP contribution in [0.2, 0.25) is 0 Å². The summed E-state index contributed by atoms with van der Waals surface area (Å²) < 4.78 is 32.5. The van der Waals surface area contributed by atoms with Crippen molar-refractivity contribution >= 4 is 15.9 Å². The topological polar surface area (TPSA) is 33.0 Å². The van der Waals surface area contributed by atoms with Crippen LogP contribution in [-0.4, -0.2) is 0 Å². The van der Waals surface area contributed by atoms with E-state index >= 15 is 0 Å². The van der Waals surface area contributed by atoms with Gasteiger partial charge < -0.3 is 4.74 Å². The van der Waals surface area contributed by atoms with E-state index in [1.165, 1.54) is 30.3 Å². The predicted molar refractivity (Wildman–Crippen MR) is 69.5 cm³/mol. The largest absolute Gasteiger partial charge is 0.486 e. The van der Waals surface area contributed by atoms with E-state index in [0.29, 0.717) is 10.0 Å². The second-order valence-electron chi connectivity index (χ2n) is 3.79. The number of rotatable bonds is 3. The standard InChI is InChI=1S/C14H8BrF2NO/c15-11-2-4-13(17)14(6-11)19-8-9-1-3-12(16)10(5-9)7-18/h1-6H,8H2. The number of nitrogens with zero attached hydrogens (tertiary/aromatic N) is 1. The highest BCUT2D eigenvalue weighted by molar-refractivity contribution is 9.10. The molecular weight excluding hydrogens is 316 g/mol. The van der Waals surface area contributed by atoms with Crippen LogP contribution in [0.4, 0.5) is 8.78 Å². The lowest BCUT2D eigenvalue weighted by Crippen LogP contribution is -1.98. The molecule has 0 bridgehead atoms. The molecule has 0 aliphatic heterocycles. The highest BCUT2D eigenvalue weighted by Gasteiger charge is 2.06. The van der Waals surface area contributed by atoms with Crippen LogP contribution in [0.25, 0.3) is 0 Å². The minimum atomic E-state index is -0.583. The van der Waals surface area contributed by atoms with Gasteiger partial charge in [-0.2, -0.15) is 5.26 Å². The molecule has 0 saturated carbocycles. The quantitative estimate of drug-likeness (QED) is 0.849. The Bertz CT molecular complexity index is 652. The molecule has 0 radical (unpaired) electrons. The maximum atomic E-state index is 13.4. The Morgan fingerprint density at radius 1 is 1.11 bits per heavy atom. The SMILES string of the molecule is N#Cc1cc(COc2cc(Br)ccc2F)ccc1F. The molecule has 5 heteroatoms. The first-order valence-corrected chi connectivity index (χ1v) is 6.16. The lowest BCUT2D eigenvalue weighted by molar-refractivity contribution is 0.290. The Kier molecular flexibility index (Phi) is 4.13. The van der Waals surface area contributed by atoms with Gasteiger partial charge in [-0.1, -0.05) is 22.0 Å². The number of hydrogen-bond donors (Lipinski definition) is 0. The number of halogens is 3. The zero-order valence-electron chi connectivity index (χ0n) is 9.66. The molecule has 0 fully saturated rings. The van der Waals surface area contributed by atoms with Crippen LogP contribution < -0.4 is 4.74 Å². The van der Waals surface area contributed by atoms with Crippen LogP contribution in [0.1, 0.15) is 11.1 Å². The van der Waals surface area contributed by atoms with E-state index in [-0.39, 0.29) is 17.9 Å². The maximum Gasteiger partial charge on any atom is 0.165 e. The van der Waals surface area contributed by atoms with Crippen molar-refractivity contribution in [2.24, 2.45) is 0 Å². The van der Waals surface area contributed by atoms with Crippen molar-refractivity contribution in [3.05, 3.63) is 63.6 Å². The van der Waals surface area contributed by atoms with E-state index in [2.05, 4.69) is 15.9 Å². The molecule has 2 aromatic carbocycles. The summed E-state index contributed by atoms with van der Waals surface area (Å²) in [6.45, 7) is 0.0579. The first-order chi connectivity index (χ1) is 9.10. The Balaban J connectivity index is 2.15. The molecule has 0 aliphatic rings. The van der Waals surface area contributed by atoms with Crippen LogP contribution in [0, 0.1) is 23.0 Å². The number of hydrogen-bond acceptors (Lipinski definition) is 2. The summed E-state index contributed by atoms with van der Waals surface area (Å²) in [5.74, 6) is -0.970. The van der Waals surface area contributed by atoms with Gasteiger partial charge in [0.05, 0.1) is 5.56 Å². The van der Waals surface area contributed by atoms with Gasteiger partial charge in [0.15, 0.2) is 11.6 Å². The highest BCUT2D eigenvalue weighted by Crippen LogP contribution is 2.23. The fraction of sp³-hybridized carbons (Fsp3) is 0.0714. The second kappa shape index (κ2) is 5.81. The Morgan fingerprint density at radius 3 is 2.58 bits per heavy atom. The molecule has 96 valence electrons. The molecule has 0 aromatic heterocycles. The van der Waals surface area contributed by atoms with Gasteiger partial charge in [0, 0.05) is 4.47 Å². The Morgan fingerprint density at radius 2 is 1.84 bits per heavy atom. The van der Waals surface area contributed by atoms with E-state index in [4.69, 9.17) is 10.00 Å². The average Bonchev–Trinajstić information content (AvgIpc) is 2.41. The zero-order chi connectivity index (χ0) is 13.8. The molecule has 2 aromatic rings. The molecule has 2 nitrogen and oxygen atoms in total. The summed E-state index contributed by atoms with van der Waals surface area (Å²) in [5, 5.41) is 8.71. The third-order valence-electron chi connectivity index (χ3n) is 2.44. The molecule has 0 amide bonds. The maximum absolute atomic E-state index is 13.4. The van der Waals surface area contributed by atoms with Crippen LogP contribution in [0.15, 0.2) is 40.9 Å². The molecule has 0 atom stereocenters. The zero-order valence-corrected chi connectivity index (χ0v) is 11.2. The van der Waals surface area contributed by atoms with Gasteiger partial charge in [0.2, 0.25) is 0 Å². The summed E-state index contributed by atoms with van der Waals surface area (Å²) in [7, 11) is 0. The van der Waals surface area contributed by atoms with Crippen molar-refractivity contribution < 1.29 is 13.5 Å². The number of ether oxygens (including phenoxy) is 1. The van der Waals surface area contributed by atoms with Gasteiger partial charge in [0.1, 0.15) is 18.5 Å². The van der Waals surface area contributed by atoms with E-state index in [1.54, 1.807) is 12.1 Å². The van der Waals surface area contributed by atoms with Crippen molar-refractivity contribution in [3.8, 4) is 11.8 Å². The van der Waals surface area contributed by atoms with Crippen molar-refractivity contribution in [2.75, 3.05) is 0 Å². The number of nitriles is 1. The van der Waals surface area contributed by atoms with E-state index in [9.17, 15) is 8.78 Å². The summed E-state index contributed by atoms with van der Waals surface area (Å²) in [6.07, 6.45) is 0. The first kappa shape index (κ1) is 13.5. The fourth-order valence-corrected chi connectivity index (χ4v) is 1.84. The molecule has 0 unspecified atom stereocenters. The van der Waals surface area contributed by atoms with Gasteiger partial charge in [-0.15, -0.1) is 0 Å². The lowest BCUT2D eigenvalue weighted by Gasteiger charge is -2.08. The molecule has 0 saturated heterocycles. The predicted octanol–water partition coefficient (Wildman–Crippen LogP) is 4.18. The lowest BCUT2D eigenvalue weighted by atomic mass is 10.1. The third-order valence-corrected chi connectivity index (χ3v) is 2.93. The third kappa shape index (κ3) is 3.30. The summed E-state index contributed by atoms with van der Waals surface area (Å²) >= 11 is 3.22. The van der Waals surface area contributed by atoms with Crippen molar-refractivity contribution in [1.29, 1.82) is 5.26 Å². The van der Waals surface area contributed by atoms with Crippen LogP contribution in [-0.2, 0) is 6.61 Å². The van der Waals surface area contributed by atoms with Crippen molar-refractivity contribution in [2.45, 2.75) is 6.61 Å². The van der Waals surface area contributed by atoms with Gasteiger partial charge in [-0.05, 0) is 35.9 Å². The molecule has 0 N–H and O–H groups in total. The minimum absolute atomic E-state index is 0.0579. The van der Waals surface area contributed by atoms with Crippen molar-refractivity contribution in [1.82, 2.24) is 0 Å². The average molecular weight is 324 g/mol. The molecular formula is C14H8BrF2NO.